The molecule has 0 N–H and O–H groups in total. The number of likely N-dealkylation sites (N-methyl/N-ethyl adjacent to an activating group) is 1. The molecule has 0 aromatic carbocycles. The van der Waals surface area contributed by atoms with E-state index in [-0.39, 0.29) is 5.91 Å². The van der Waals surface area contributed by atoms with Crippen LogP contribution in [0.4, 0.5) is 0 Å². The normalized spacial score (nSPS) is 17.4. The highest BCUT2D eigenvalue weighted by Crippen LogP contribution is 2.28. The lowest BCUT2D eigenvalue weighted by Gasteiger charge is -2.20. The van der Waals surface area contributed by atoms with Crippen LogP contribution < -0.4 is 0 Å². The summed E-state index contributed by atoms with van der Waals surface area (Å²) in [5.41, 5.74) is 3.56. The second-order valence-corrected chi connectivity index (χ2v) is 8.23. The van der Waals surface area contributed by atoms with Crippen LogP contribution in [0.3, 0.4) is 0 Å². The van der Waals surface area contributed by atoms with E-state index in [0.717, 1.165) is 47.8 Å². The van der Waals surface area contributed by atoms with Gasteiger partial charge in [0.05, 0.1) is 16.8 Å². The van der Waals surface area contributed by atoms with Gasteiger partial charge in [-0.3, -0.25) is 4.79 Å². The number of aromatic nitrogens is 3. The summed E-state index contributed by atoms with van der Waals surface area (Å²) in [6, 6.07) is 8.79. The Morgan fingerprint density at radius 1 is 1.29 bits per heavy atom. The quantitative estimate of drug-likeness (QED) is 0.697. The smallest absolute Gasteiger partial charge is 0.256 e. The van der Waals surface area contributed by atoms with E-state index in [9.17, 15) is 4.79 Å². The highest BCUT2D eigenvalue weighted by molar-refractivity contribution is 6.03. The van der Waals surface area contributed by atoms with Crippen molar-refractivity contribution in [2.75, 3.05) is 27.2 Å². The van der Waals surface area contributed by atoms with E-state index < -0.39 is 0 Å². The monoisotopic (exact) mass is 379 g/mol. The summed E-state index contributed by atoms with van der Waals surface area (Å²) in [6.07, 6.45) is 5.12. The molecule has 1 saturated heterocycles. The molecule has 1 unspecified atom stereocenters. The van der Waals surface area contributed by atoms with E-state index in [2.05, 4.69) is 48.0 Å². The fourth-order valence-electron chi connectivity index (χ4n) is 4.17. The van der Waals surface area contributed by atoms with Gasteiger partial charge in [-0.25, -0.2) is 4.98 Å². The second kappa shape index (κ2) is 7.09. The van der Waals surface area contributed by atoms with Gasteiger partial charge in [0.15, 0.2) is 0 Å². The predicted molar refractivity (Wildman–Crippen MR) is 112 cm³/mol. The van der Waals surface area contributed by atoms with Crippen LogP contribution in [-0.4, -0.2) is 62.9 Å². The van der Waals surface area contributed by atoms with Crippen molar-refractivity contribution in [3.8, 4) is 11.4 Å². The minimum absolute atomic E-state index is 0.110. The van der Waals surface area contributed by atoms with Crippen LogP contribution in [0.25, 0.3) is 16.9 Å². The molecular formula is C22H29N5O. The average Bonchev–Trinajstić information content (AvgIpc) is 3.37. The zero-order chi connectivity index (χ0) is 20.0. The maximum Gasteiger partial charge on any atom is 0.256 e. The molecule has 3 aromatic heterocycles. The Kier molecular flexibility index (Phi) is 4.75. The van der Waals surface area contributed by atoms with Crippen molar-refractivity contribution in [3.63, 3.8) is 0 Å². The van der Waals surface area contributed by atoms with Gasteiger partial charge >= 0.3 is 0 Å². The lowest BCUT2D eigenvalue weighted by atomic mass is 10.2. The molecular weight excluding hydrogens is 350 g/mol. The van der Waals surface area contributed by atoms with Crippen molar-refractivity contribution in [1.29, 1.82) is 0 Å². The van der Waals surface area contributed by atoms with Crippen molar-refractivity contribution in [2.24, 2.45) is 0 Å². The molecule has 6 nitrogen and oxygen atoms in total. The van der Waals surface area contributed by atoms with Crippen LogP contribution >= 0.6 is 0 Å². The van der Waals surface area contributed by atoms with E-state index in [4.69, 9.17) is 4.98 Å². The predicted octanol–water partition coefficient (Wildman–Crippen LogP) is 3.47. The molecule has 148 valence electrons. The molecule has 1 atom stereocenters. The Morgan fingerprint density at radius 2 is 2.07 bits per heavy atom. The average molecular weight is 380 g/mol. The van der Waals surface area contributed by atoms with Crippen molar-refractivity contribution in [1.82, 2.24) is 23.8 Å². The van der Waals surface area contributed by atoms with Crippen LogP contribution in [-0.2, 0) is 0 Å². The Morgan fingerprint density at radius 3 is 2.71 bits per heavy atom. The molecule has 4 rings (SSSR count). The first-order valence-electron chi connectivity index (χ1n) is 9.98. The molecule has 1 amide bonds. The summed E-state index contributed by atoms with van der Waals surface area (Å²) in [6.45, 7) is 7.92. The Balaban J connectivity index is 1.75. The third-order valence-corrected chi connectivity index (χ3v) is 5.82. The molecule has 28 heavy (non-hydrogen) atoms. The summed E-state index contributed by atoms with van der Waals surface area (Å²) in [5.74, 6) is 1.09. The first kappa shape index (κ1) is 18.7. The number of fused-ring (bicyclic) bond motifs is 1. The Labute approximate surface area is 166 Å². The summed E-state index contributed by atoms with van der Waals surface area (Å²) in [7, 11) is 4.16. The van der Waals surface area contributed by atoms with Gasteiger partial charge in [-0.05, 0) is 59.5 Å². The Bertz CT molecular complexity index is 1010. The van der Waals surface area contributed by atoms with Gasteiger partial charge in [0, 0.05) is 37.6 Å². The summed E-state index contributed by atoms with van der Waals surface area (Å²) in [4.78, 5) is 22.3. The van der Waals surface area contributed by atoms with Gasteiger partial charge in [-0.1, -0.05) is 6.07 Å². The maximum absolute atomic E-state index is 13.3. The van der Waals surface area contributed by atoms with Crippen LogP contribution in [0.15, 0.2) is 36.7 Å². The number of likely N-dealkylation sites (tertiary alicyclic amines) is 1. The van der Waals surface area contributed by atoms with E-state index in [0.29, 0.717) is 12.1 Å². The van der Waals surface area contributed by atoms with E-state index in [1.165, 1.54) is 0 Å². The third kappa shape index (κ3) is 3.11. The summed E-state index contributed by atoms with van der Waals surface area (Å²) < 4.78 is 4.25. The molecule has 3 aromatic rings. The SMILES string of the molecule is Cc1nc(-c2cc(C(=O)N3CCC(N(C)C)C3)c3ccccn23)cn1C(C)C. The molecule has 0 radical (unpaired) electrons. The molecule has 1 aliphatic heterocycles. The lowest BCUT2D eigenvalue weighted by Crippen LogP contribution is -2.34. The number of amides is 1. The second-order valence-electron chi connectivity index (χ2n) is 8.23. The third-order valence-electron chi connectivity index (χ3n) is 5.82. The van der Waals surface area contributed by atoms with Gasteiger partial charge in [-0.15, -0.1) is 0 Å². The highest BCUT2D eigenvalue weighted by atomic mass is 16.2. The Hall–Kier alpha value is -2.60. The first-order valence-corrected chi connectivity index (χ1v) is 9.98. The number of imidazole rings is 1. The van der Waals surface area contributed by atoms with Crippen molar-refractivity contribution in [3.05, 3.63) is 48.0 Å². The number of pyridine rings is 1. The zero-order valence-corrected chi connectivity index (χ0v) is 17.4. The van der Waals surface area contributed by atoms with Crippen molar-refractivity contribution in [2.45, 2.75) is 39.3 Å². The number of hydrogen-bond acceptors (Lipinski definition) is 3. The van der Waals surface area contributed by atoms with Gasteiger partial charge in [0.2, 0.25) is 0 Å². The number of nitrogens with zero attached hydrogens (tertiary/aromatic N) is 5. The van der Waals surface area contributed by atoms with Crippen molar-refractivity contribution < 1.29 is 4.79 Å². The van der Waals surface area contributed by atoms with Gasteiger partial charge in [0.1, 0.15) is 11.5 Å². The fraction of sp³-hybridized carbons (Fsp3) is 0.455. The summed E-state index contributed by atoms with van der Waals surface area (Å²) >= 11 is 0. The van der Waals surface area contributed by atoms with Crippen LogP contribution in [0.2, 0.25) is 0 Å². The van der Waals surface area contributed by atoms with Crippen LogP contribution in [0.5, 0.6) is 0 Å². The lowest BCUT2D eigenvalue weighted by molar-refractivity contribution is 0.0785. The number of carbonyl (C=O) groups is 1. The summed E-state index contributed by atoms with van der Waals surface area (Å²) in [5, 5.41) is 0. The number of hydrogen-bond donors (Lipinski definition) is 0. The standard InChI is InChI=1S/C22H29N5O/c1-15(2)27-14-19(23-16(27)3)21-12-18(20-8-6-7-10-26(20)21)22(28)25-11-9-17(13-25)24(4)5/h6-8,10,12,14-15,17H,9,11,13H2,1-5H3. The van der Waals surface area contributed by atoms with E-state index in [1.54, 1.807) is 0 Å². The van der Waals surface area contributed by atoms with Crippen LogP contribution in [0, 0.1) is 6.92 Å². The molecule has 0 spiro atoms. The number of carbonyl (C=O) groups excluding carboxylic acids is 1. The van der Waals surface area contributed by atoms with Gasteiger partial charge < -0.3 is 18.8 Å². The minimum atomic E-state index is 0.110. The number of aryl methyl sites for hydroxylation is 1. The zero-order valence-electron chi connectivity index (χ0n) is 17.4. The van der Waals surface area contributed by atoms with Gasteiger partial charge in [0.25, 0.3) is 5.91 Å². The minimum Gasteiger partial charge on any atom is -0.337 e. The van der Waals surface area contributed by atoms with Crippen molar-refractivity contribution >= 4 is 11.4 Å². The fourth-order valence-corrected chi connectivity index (χ4v) is 4.17. The van der Waals surface area contributed by atoms with E-state index >= 15 is 0 Å². The largest absolute Gasteiger partial charge is 0.337 e. The van der Waals surface area contributed by atoms with E-state index in [1.807, 2.05) is 42.3 Å². The molecule has 1 fully saturated rings. The molecule has 0 bridgehead atoms. The number of rotatable bonds is 4. The molecule has 0 aliphatic carbocycles. The highest BCUT2D eigenvalue weighted by Gasteiger charge is 2.30. The van der Waals surface area contributed by atoms with Gasteiger partial charge in [-0.2, -0.15) is 0 Å². The first-order chi connectivity index (χ1) is 13.4. The molecule has 1 aliphatic rings. The topological polar surface area (TPSA) is 45.8 Å². The molecule has 4 heterocycles. The maximum atomic E-state index is 13.3. The molecule has 0 saturated carbocycles. The molecule has 6 heteroatoms. The van der Waals surface area contributed by atoms with Crippen LogP contribution in [0.1, 0.15) is 42.5 Å².